The molecule has 0 saturated heterocycles. The number of amides is 1. The Hall–Kier alpha value is -1.26. The van der Waals surface area contributed by atoms with Crippen LogP contribution in [0.5, 0.6) is 5.75 Å². The molecule has 1 aromatic rings. The Balaban J connectivity index is 0.00000200. The quantitative estimate of drug-likeness (QED) is 0.876. The summed E-state index contributed by atoms with van der Waals surface area (Å²) in [7, 11) is 0. The van der Waals surface area contributed by atoms with Crippen molar-refractivity contribution in [2.24, 2.45) is 5.73 Å². The van der Waals surface area contributed by atoms with Crippen LogP contribution in [0.25, 0.3) is 0 Å². The van der Waals surface area contributed by atoms with Gasteiger partial charge in [0.05, 0.1) is 12.6 Å². The van der Waals surface area contributed by atoms with E-state index in [0.29, 0.717) is 19.1 Å². The normalized spacial score (nSPS) is 18.2. The molecule has 1 aliphatic rings. The van der Waals surface area contributed by atoms with Crippen molar-refractivity contribution in [2.45, 2.75) is 38.1 Å². The highest BCUT2D eigenvalue weighted by Gasteiger charge is 2.22. The summed E-state index contributed by atoms with van der Waals surface area (Å²) in [5, 5.41) is 2.96. The van der Waals surface area contributed by atoms with Crippen molar-refractivity contribution >= 4 is 18.3 Å². The lowest BCUT2D eigenvalue weighted by molar-refractivity contribution is -0.122. The van der Waals surface area contributed by atoms with Gasteiger partial charge in [-0.1, -0.05) is 31.5 Å². The Bertz CT molecular complexity index is 440. The number of nitrogens with two attached hydrogens (primary N) is 1. The third-order valence-corrected chi connectivity index (χ3v) is 3.54. The van der Waals surface area contributed by atoms with E-state index in [9.17, 15) is 4.79 Å². The fourth-order valence-electron chi connectivity index (χ4n) is 2.42. The second kappa shape index (κ2) is 8.12. The van der Waals surface area contributed by atoms with Crippen molar-refractivity contribution in [1.82, 2.24) is 5.32 Å². The van der Waals surface area contributed by atoms with Gasteiger partial charge in [-0.2, -0.15) is 0 Å². The van der Waals surface area contributed by atoms with E-state index in [-0.39, 0.29) is 24.4 Å². The first-order valence-electron chi connectivity index (χ1n) is 6.97. The van der Waals surface area contributed by atoms with Gasteiger partial charge in [0.2, 0.25) is 5.91 Å². The Kier molecular flexibility index (Phi) is 6.82. The number of nitrogens with one attached hydrogen (secondary N) is 1. The fourth-order valence-corrected chi connectivity index (χ4v) is 2.42. The summed E-state index contributed by atoms with van der Waals surface area (Å²) >= 11 is 0. The Morgan fingerprint density at radius 3 is 3.00 bits per heavy atom. The molecule has 0 aromatic heterocycles. The van der Waals surface area contributed by atoms with Crippen molar-refractivity contribution in [2.75, 3.05) is 13.2 Å². The van der Waals surface area contributed by atoms with Crippen molar-refractivity contribution in [3.05, 3.63) is 29.8 Å². The second-order valence-electron chi connectivity index (χ2n) is 5.01. The van der Waals surface area contributed by atoms with E-state index in [1.165, 1.54) is 5.56 Å². The number of carbonyl (C=O) groups is 1. The van der Waals surface area contributed by atoms with Crippen LogP contribution in [0.3, 0.4) is 0 Å². The lowest BCUT2D eigenvalue weighted by Gasteiger charge is -2.26. The Morgan fingerprint density at radius 2 is 2.25 bits per heavy atom. The molecule has 112 valence electrons. The monoisotopic (exact) mass is 298 g/mol. The summed E-state index contributed by atoms with van der Waals surface area (Å²) in [5.74, 6) is 1.21. The van der Waals surface area contributed by atoms with Gasteiger partial charge < -0.3 is 15.8 Å². The molecule has 5 heteroatoms. The van der Waals surface area contributed by atoms with Gasteiger partial charge in [0.15, 0.2) is 0 Å². The third-order valence-electron chi connectivity index (χ3n) is 3.54. The molecule has 20 heavy (non-hydrogen) atoms. The number of ether oxygens (including phenoxy) is 1. The maximum atomic E-state index is 11.8. The molecule has 1 amide bonds. The van der Waals surface area contributed by atoms with Gasteiger partial charge >= 0.3 is 0 Å². The molecule has 2 rings (SSSR count). The SMILES string of the molecule is CCCC(N)C(=O)NCC1CCOc2ccccc21.Cl. The molecule has 2 atom stereocenters. The van der Waals surface area contributed by atoms with E-state index in [2.05, 4.69) is 11.4 Å². The van der Waals surface area contributed by atoms with Crippen LogP contribution in [0.4, 0.5) is 0 Å². The summed E-state index contributed by atoms with van der Waals surface area (Å²) in [6.45, 7) is 3.37. The van der Waals surface area contributed by atoms with Gasteiger partial charge in [0, 0.05) is 12.5 Å². The average molecular weight is 299 g/mol. The van der Waals surface area contributed by atoms with E-state index >= 15 is 0 Å². The topological polar surface area (TPSA) is 64.4 Å². The predicted molar refractivity (Wildman–Crippen MR) is 82.4 cm³/mol. The molecule has 0 fully saturated rings. The van der Waals surface area contributed by atoms with E-state index in [4.69, 9.17) is 10.5 Å². The van der Waals surface area contributed by atoms with Crippen LogP contribution in [-0.2, 0) is 4.79 Å². The van der Waals surface area contributed by atoms with Crippen molar-refractivity contribution in [3.63, 3.8) is 0 Å². The zero-order chi connectivity index (χ0) is 13.7. The highest BCUT2D eigenvalue weighted by Crippen LogP contribution is 2.32. The predicted octanol–water partition coefficient (Wildman–Crippen LogP) is 2.22. The first kappa shape index (κ1) is 16.8. The molecule has 2 unspecified atom stereocenters. The summed E-state index contributed by atoms with van der Waals surface area (Å²) in [5.41, 5.74) is 6.98. The highest BCUT2D eigenvalue weighted by atomic mass is 35.5. The fraction of sp³-hybridized carbons (Fsp3) is 0.533. The van der Waals surface area contributed by atoms with Gasteiger partial charge in [0.25, 0.3) is 0 Å². The number of carbonyl (C=O) groups excluding carboxylic acids is 1. The summed E-state index contributed by atoms with van der Waals surface area (Å²) in [6.07, 6.45) is 2.59. The van der Waals surface area contributed by atoms with Gasteiger partial charge in [-0.3, -0.25) is 4.79 Å². The van der Waals surface area contributed by atoms with E-state index < -0.39 is 0 Å². The molecule has 1 aromatic carbocycles. The third kappa shape index (κ3) is 4.12. The van der Waals surface area contributed by atoms with Crippen LogP contribution < -0.4 is 15.8 Å². The Morgan fingerprint density at radius 1 is 1.50 bits per heavy atom. The number of rotatable bonds is 5. The van der Waals surface area contributed by atoms with Crippen LogP contribution >= 0.6 is 12.4 Å². The molecule has 1 aliphatic heterocycles. The maximum absolute atomic E-state index is 11.8. The first-order valence-corrected chi connectivity index (χ1v) is 6.97. The van der Waals surface area contributed by atoms with Crippen molar-refractivity contribution in [3.8, 4) is 5.75 Å². The van der Waals surface area contributed by atoms with Gasteiger partial charge in [-0.15, -0.1) is 12.4 Å². The molecule has 4 nitrogen and oxygen atoms in total. The van der Waals surface area contributed by atoms with Crippen LogP contribution in [-0.4, -0.2) is 25.1 Å². The standard InChI is InChI=1S/C15H22N2O2.ClH/c1-2-5-13(16)15(18)17-10-11-8-9-19-14-7-4-3-6-12(11)14;/h3-4,6-7,11,13H,2,5,8-10,16H2,1H3,(H,17,18);1H. The molecule has 0 spiro atoms. The van der Waals surface area contributed by atoms with Crippen LogP contribution in [0.1, 0.15) is 37.7 Å². The smallest absolute Gasteiger partial charge is 0.236 e. The van der Waals surface area contributed by atoms with Crippen molar-refractivity contribution < 1.29 is 9.53 Å². The molecule has 3 N–H and O–H groups in total. The molecule has 0 aliphatic carbocycles. The largest absolute Gasteiger partial charge is 0.493 e. The summed E-state index contributed by atoms with van der Waals surface area (Å²) in [4.78, 5) is 11.8. The van der Waals surface area contributed by atoms with Gasteiger partial charge in [-0.25, -0.2) is 0 Å². The lowest BCUT2D eigenvalue weighted by Crippen LogP contribution is -2.42. The average Bonchev–Trinajstić information content (AvgIpc) is 2.45. The number of para-hydroxylation sites is 1. The van der Waals surface area contributed by atoms with E-state index in [0.717, 1.165) is 25.0 Å². The molecular weight excluding hydrogens is 276 g/mol. The lowest BCUT2D eigenvalue weighted by atomic mass is 9.93. The molecular formula is C15H23ClN2O2. The minimum absolute atomic E-state index is 0. The summed E-state index contributed by atoms with van der Waals surface area (Å²) < 4.78 is 5.61. The number of fused-ring (bicyclic) bond motifs is 1. The summed E-state index contributed by atoms with van der Waals surface area (Å²) in [6, 6.07) is 7.63. The minimum Gasteiger partial charge on any atom is -0.493 e. The number of hydrogen-bond donors (Lipinski definition) is 2. The second-order valence-corrected chi connectivity index (χ2v) is 5.01. The van der Waals surface area contributed by atoms with Crippen molar-refractivity contribution in [1.29, 1.82) is 0 Å². The van der Waals surface area contributed by atoms with Crippen LogP contribution in [0.15, 0.2) is 24.3 Å². The highest BCUT2D eigenvalue weighted by molar-refractivity contribution is 5.85. The zero-order valence-electron chi connectivity index (χ0n) is 11.8. The van der Waals surface area contributed by atoms with Crippen LogP contribution in [0.2, 0.25) is 0 Å². The van der Waals surface area contributed by atoms with E-state index in [1.54, 1.807) is 0 Å². The molecule has 0 saturated carbocycles. The number of halogens is 1. The van der Waals surface area contributed by atoms with Gasteiger partial charge in [-0.05, 0) is 24.5 Å². The van der Waals surface area contributed by atoms with E-state index in [1.807, 2.05) is 25.1 Å². The zero-order valence-corrected chi connectivity index (χ0v) is 12.6. The molecule has 1 heterocycles. The number of benzene rings is 1. The maximum Gasteiger partial charge on any atom is 0.236 e. The Labute approximate surface area is 126 Å². The first-order chi connectivity index (χ1) is 9.22. The molecule has 0 bridgehead atoms. The number of hydrogen-bond acceptors (Lipinski definition) is 3. The van der Waals surface area contributed by atoms with Crippen LogP contribution in [0, 0.1) is 0 Å². The minimum atomic E-state index is -0.389. The molecule has 0 radical (unpaired) electrons. The van der Waals surface area contributed by atoms with Gasteiger partial charge in [0.1, 0.15) is 5.75 Å².